The van der Waals surface area contributed by atoms with Gasteiger partial charge in [0.1, 0.15) is 5.82 Å². The first-order valence-electron chi connectivity index (χ1n) is 6.32. The topological polar surface area (TPSA) is 49.8 Å². The van der Waals surface area contributed by atoms with Gasteiger partial charge in [-0.25, -0.2) is 4.39 Å². The van der Waals surface area contributed by atoms with Crippen LogP contribution in [0.1, 0.15) is 22.8 Å². The van der Waals surface area contributed by atoms with Crippen LogP contribution in [-0.2, 0) is 4.74 Å². The predicted octanol–water partition coefficient (Wildman–Crippen LogP) is 1.36. The van der Waals surface area contributed by atoms with Crippen LogP contribution in [0, 0.1) is 12.7 Å². The molecule has 1 aliphatic rings. The van der Waals surface area contributed by atoms with E-state index in [0.29, 0.717) is 24.3 Å². The molecule has 2 rings (SSSR count). The van der Waals surface area contributed by atoms with Gasteiger partial charge in [-0.1, -0.05) is 0 Å². The Hall–Kier alpha value is -1.46. The molecule has 0 bridgehead atoms. The number of rotatable bonds is 2. The van der Waals surface area contributed by atoms with Crippen molar-refractivity contribution in [2.75, 3.05) is 19.8 Å². The van der Waals surface area contributed by atoms with Crippen molar-refractivity contribution in [3.63, 3.8) is 0 Å². The Morgan fingerprint density at radius 3 is 2.95 bits per heavy atom. The minimum Gasteiger partial charge on any atom is -0.394 e. The molecule has 104 valence electrons. The van der Waals surface area contributed by atoms with E-state index in [1.165, 1.54) is 12.1 Å². The first kappa shape index (κ1) is 14.0. The summed E-state index contributed by atoms with van der Waals surface area (Å²) in [6, 6.07) is 4.28. The maximum atomic E-state index is 13.2. The third kappa shape index (κ3) is 2.93. The van der Waals surface area contributed by atoms with Gasteiger partial charge in [0.2, 0.25) is 0 Å². The van der Waals surface area contributed by atoms with Crippen molar-refractivity contribution in [3.05, 3.63) is 35.1 Å². The van der Waals surface area contributed by atoms with Crippen LogP contribution in [0.5, 0.6) is 0 Å². The summed E-state index contributed by atoms with van der Waals surface area (Å²) in [5, 5.41) is 9.12. The Bertz CT molecular complexity index is 478. The highest BCUT2D eigenvalue weighted by molar-refractivity contribution is 5.94. The molecule has 1 aromatic carbocycles. The number of hydrogen-bond acceptors (Lipinski definition) is 3. The molecular formula is C14H18FNO3. The summed E-state index contributed by atoms with van der Waals surface area (Å²) in [4.78, 5) is 14.1. The monoisotopic (exact) mass is 267 g/mol. The average Bonchev–Trinajstić information content (AvgIpc) is 2.41. The molecule has 0 spiro atoms. The van der Waals surface area contributed by atoms with E-state index in [1.54, 1.807) is 17.9 Å². The third-order valence-corrected chi connectivity index (χ3v) is 3.37. The van der Waals surface area contributed by atoms with Crippen LogP contribution in [0.25, 0.3) is 0 Å². The summed E-state index contributed by atoms with van der Waals surface area (Å²) in [5.41, 5.74) is 0.912. The van der Waals surface area contributed by atoms with Gasteiger partial charge in [0.05, 0.1) is 25.4 Å². The van der Waals surface area contributed by atoms with E-state index in [0.717, 1.165) is 0 Å². The summed E-state index contributed by atoms with van der Waals surface area (Å²) in [6.45, 7) is 4.16. The zero-order valence-corrected chi connectivity index (χ0v) is 11.1. The van der Waals surface area contributed by atoms with Gasteiger partial charge in [0.25, 0.3) is 5.91 Å². The molecule has 0 radical (unpaired) electrons. The average molecular weight is 267 g/mol. The number of amides is 1. The highest BCUT2D eigenvalue weighted by Crippen LogP contribution is 2.17. The zero-order valence-electron chi connectivity index (χ0n) is 11.1. The zero-order chi connectivity index (χ0) is 14.0. The molecule has 4 nitrogen and oxygen atoms in total. The molecule has 2 unspecified atom stereocenters. The SMILES string of the molecule is Cc1cc(C(=O)N2CC(CO)OCC2C)ccc1F. The molecule has 1 saturated heterocycles. The molecular weight excluding hydrogens is 249 g/mol. The highest BCUT2D eigenvalue weighted by Gasteiger charge is 2.29. The quantitative estimate of drug-likeness (QED) is 0.880. The number of carbonyl (C=O) groups excluding carboxylic acids is 1. The van der Waals surface area contributed by atoms with Crippen LogP contribution in [-0.4, -0.2) is 47.8 Å². The van der Waals surface area contributed by atoms with Crippen molar-refractivity contribution in [2.24, 2.45) is 0 Å². The standard InChI is InChI=1S/C14H18FNO3/c1-9-5-11(3-4-13(9)15)14(18)16-6-12(7-17)19-8-10(16)2/h3-5,10,12,17H,6-8H2,1-2H3. The highest BCUT2D eigenvalue weighted by atomic mass is 19.1. The van der Waals surface area contributed by atoms with Crippen molar-refractivity contribution in [2.45, 2.75) is 26.0 Å². The number of halogens is 1. The van der Waals surface area contributed by atoms with Gasteiger partial charge in [0.15, 0.2) is 0 Å². The largest absolute Gasteiger partial charge is 0.394 e. The van der Waals surface area contributed by atoms with E-state index >= 15 is 0 Å². The first-order valence-corrected chi connectivity index (χ1v) is 6.32. The number of aliphatic hydroxyl groups excluding tert-OH is 1. The summed E-state index contributed by atoms with van der Waals surface area (Å²) in [6.07, 6.45) is -0.346. The maximum absolute atomic E-state index is 13.2. The van der Waals surface area contributed by atoms with Gasteiger partial charge in [-0.05, 0) is 37.6 Å². The molecule has 0 aliphatic carbocycles. The number of carbonyl (C=O) groups is 1. The lowest BCUT2D eigenvalue weighted by molar-refractivity contribution is -0.0667. The van der Waals surface area contributed by atoms with Crippen molar-refractivity contribution in [1.29, 1.82) is 0 Å². The fourth-order valence-electron chi connectivity index (χ4n) is 2.15. The van der Waals surface area contributed by atoms with Crippen LogP contribution < -0.4 is 0 Å². The molecule has 1 amide bonds. The van der Waals surface area contributed by atoms with Gasteiger partial charge in [0, 0.05) is 12.1 Å². The van der Waals surface area contributed by atoms with Gasteiger partial charge in [-0.2, -0.15) is 0 Å². The second kappa shape index (κ2) is 5.67. The van der Waals surface area contributed by atoms with Crippen molar-refractivity contribution in [3.8, 4) is 0 Å². The summed E-state index contributed by atoms with van der Waals surface area (Å²) in [7, 11) is 0. The van der Waals surface area contributed by atoms with Crippen LogP contribution in [0.2, 0.25) is 0 Å². The molecule has 0 saturated carbocycles. The van der Waals surface area contributed by atoms with Crippen LogP contribution in [0.4, 0.5) is 4.39 Å². The van der Waals surface area contributed by atoms with Crippen LogP contribution in [0.15, 0.2) is 18.2 Å². The smallest absolute Gasteiger partial charge is 0.254 e. The van der Waals surface area contributed by atoms with Crippen LogP contribution in [0.3, 0.4) is 0 Å². The number of nitrogens with zero attached hydrogens (tertiary/aromatic N) is 1. The van der Waals surface area contributed by atoms with Gasteiger partial charge < -0.3 is 14.7 Å². The lowest BCUT2D eigenvalue weighted by Gasteiger charge is -2.37. The van der Waals surface area contributed by atoms with E-state index in [1.807, 2.05) is 6.92 Å². The van der Waals surface area contributed by atoms with Crippen molar-refractivity contribution < 1.29 is 19.0 Å². The predicted molar refractivity (Wildman–Crippen MR) is 68.5 cm³/mol. The molecule has 5 heteroatoms. The second-order valence-electron chi connectivity index (χ2n) is 4.91. The number of hydrogen-bond donors (Lipinski definition) is 1. The van der Waals surface area contributed by atoms with Crippen LogP contribution >= 0.6 is 0 Å². The minimum atomic E-state index is -0.346. The molecule has 1 N–H and O–H groups in total. The third-order valence-electron chi connectivity index (χ3n) is 3.37. The summed E-state index contributed by atoms with van der Waals surface area (Å²) >= 11 is 0. The molecule has 2 atom stereocenters. The Balaban J connectivity index is 2.19. The van der Waals surface area contributed by atoms with E-state index in [9.17, 15) is 9.18 Å². The molecule has 1 fully saturated rings. The fourth-order valence-corrected chi connectivity index (χ4v) is 2.15. The Labute approximate surface area is 111 Å². The Morgan fingerprint density at radius 2 is 2.32 bits per heavy atom. The normalized spacial score (nSPS) is 23.5. The first-order chi connectivity index (χ1) is 9.02. The molecule has 1 aromatic rings. The van der Waals surface area contributed by atoms with Gasteiger partial charge >= 0.3 is 0 Å². The number of benzene rings is 1. The fraction of sp³-hybridized carbons (Fsp3) is 0.500. The number of morpholine rings is 1. The van der Waals surface area contributed by atoms with Gasteiger partial charge in [-0.15, -0.1) is 0 Å². The second-order valence-corrected chi connectivity index (χ2v) is 4.91. The lowest BCUT2D eigenvalue weighted by Crippen LogP contribution is -2.52. The van der Waals surface area contributed by atoms with E-state index < -0.39 is 0 Å². The lowest BCUT2D eigenvalue weighted by atomic mass is 10.1. The molecule has 19 heavy (non-hydrogen) atoms. The minimum absolute atomic E-state index is 0.0549. The Morgan fingerprint density at radius 1 is 1.58 bits per heavy atom. The number of ether oxygens (including phenoxy) is 1. The summed E-state index contributed by atoms with van der Waals surface area (Å²) in [5.74, 6) is -0.475. The van der Waals surface area contributed by atoms with Crippen molar-refractivity contribution >= 4 is 5.91 Å². The summed E-state index contributed by atoms with van der Waals surface area (Å²) < 4.78 is 18.6. The maximum Gasteiger partial charge on any atom is 0.254 e. The molecule has 0 aromatic heterocycles. The van der Waals surface area contributed by atoms with E-state index in [4.69, 9.17) is 9.84 Å². The molecule has 1 aliphatic heterocycles. The number of aliphatic hydroxyl groups is 1. The number of aryl methyl sites for hydroxylation is 1. The van der Waals surface area contributed by atoms with E-state index in [-0.39, 0.29) is 30.5 Å². The van der Waals surface area contributed by atoms with E-state index in [2.05, 4.69) is 0 Å². The Kier molecular flexibility index (Phi) is 4.17. The molecule has 1 heterocycles. The van der Waals surface area contributed by atoms with Gasteiger partial charge in [-0.3, -0.25) is 4.79 Å². The van der Waals surface area contributed by atoms with Crippen molar-refractivity contribution in [1.82, 2.24) is 4.90 Å².